The van der Waals surface area contributed by atoms with Gasteiger partial charge in [0.1, 0.15) is 5.78 Å². The number of hydrogen-bond acceptors (Lipinski definition) is 2. The van der Waals surface area contributed by atoms with Gasteiger partial charge in [-0.2, -0.15) is 0 Å². The third-order valence-corrected chi connectivity index (χ3v) is 6.30. The zero-order valence-corrected chi connectivity index (χ0v) is 20.4. The Balaban J connectivity index is 4.81. The molecule has 2 unspecified atom stereocenters. The van der Waals surface area contributed by atoms with Crippen LogP contribution in [0.2, 0.25) is 0 Å². The summed E-state index contributed by atoms with van der Waals surface area (Å²) in [6, 6.07) is 0. The van der Waals surface area contributed by atoms with Gasteiger partial charge in [0, 0.05) is 19.5 Å². The highest BCUT2D eigenvalue weighted by Crippen LogP contribution is 2.20. The number of nitrogens with zero attached hydrogens (tertiary/aromatic N) is 1. The minimum absolute atomic E-state index is 0.0773. The minimum Gasteiger partial charge on any atom is -0.342 e. The second-order valence-corrected chi connectivity index (χ2v) is 9.01. The van der Waals surface area contributed by atoms with Crippen LogP contribution in [0.1, 0.15) is 131 Å². The van der Waals surface area contributed by atoms with Crippen LogP contribution in [-0.4, -0.2) is 29.7 Å². The molecule has 0 saturated carbocycles. The summed E-state index contributed by atoms with van der Waals surface area (Å²) in [7, 11) is 0. The Morgan fingerprint density at radius 1 is 0.655 bits per heavy atom. The van der Waals surface area contributed by atoms with Crippen molar-refractivity contribution >= 4 is 11.7 Å². The first-order valence-corrected chi connectivity index (χ1v) is 12.8. The van der Waals surface area contributed by atoms with Gasteiger partial charge in [-0.05, 0) is 31.1 Å². The van der Waals surface area contributed by atoms with E-state index in [2.05, 4.69) is 39.5 Å². The molecule has 0 spiro atoms. The second-order valence-electron chi connectivity index (χ2n) is 9.01. The quantitative estimate of drug-likeness (QED) is 0.154. The van der Waals surface area contributed by atoms with Crippen LogP contribution in [0.5, 0.6) is 0 Å². The van der Waals surface area contributed by atoms with Crippen molar-refractivity contribution in [3.8, 4) is 0 Å². The maximum absolute atomic E-state index is 13.0. The summed E-state index contributed by atoms with van der Waals surface area (Å²) in [5.74, 6) is 1.34. The van der Waals surface area contributed by atoms with Crippen LogP contribution in [-0.2, 0) is 9.59 Å². The normalized spacial score (nSPS) is 13.3. The molecule has 0 heterocycles. The lowest BCUT2D eigenvalue weighted by molar-refractivity contribution is -0.136. The van der Waals surface area contributed by atoms with E-state index in [4.69, 9.17) is 0 Å². The molecule has 29 heavy (non-hydrogen) atoms. The van der Waals surface area contributed by atoms with Crippen LogP contribution in [0.4, 0.5) is 0 Å². The van der Waals surface area contributed by atoms with Gasteiger partial charge in [-0.25, -0.2) is 0 Å². The molecule has 172 valence electrons. The Hall–Kier alpha value is -0.860. The lowest BCUT2D eigenvalue weighted by Crippen LogP contribution is -2.39. The summed E-state index contributed by atoms with van der Waals surface area (Å²) >= 11 is 0. The van der Waals surface area contributed by atoms with Crippen LogP contribution < -0.4 is 0 Å². The zero-order chi connectivity index (χ0) is 21.9. The van der Waals surface area contributed by atoms with Crippen molar-refractivity contribution in [1.29, 1.82) is 0 Å². The molecule has 0 aliphatic heterocycles. The largest absolute Gasteiger partial charge is 0.342 e. The van der Waals surface area contributed by atoms with Gasteiger partial charge >= 0.3 is 0 Å². The summed E-state index contributed by atoms with van der Waals surface area (Å²) in [4.78, 5) is 27.5. The molecule has 0 aromatic heterocycles. The maximum atomic E-state index is 13.0. The van der Waals surface area contributed by atoms with E-state index in [0.29, 0.717) is 18.3 Å². The highest BCUT2D eigenvalue weighted by atomic mass is 16.2. The van der Waals surface area contributed by atoms with Crippen LogP contribution >= 0.6 is 0 Å². The monoisotopic (exact) mass is 409 g/mol. The van der Waals surface area contributed by atoms with Crippen LogP contribution in [0.25, 0.3) is 0 Å². The Kier molecular flexibility index (Phi) is 18.6. The van der Waals surface area contributed by atoms with E-state index in [9.17, 15) is 9.59 Å². The fourth-order valence-electron chi connectivity index (χ4n) is 4.03. The third-order valence-electron chi connectivity index (χ3n) is 6.30. The highest BCUT2D eigenvalue weighted by Gasteiger charge is 2.23. The molecule has 0 N–H and O–H groups in total. The second kappa shape index (κ2) is 19.1. The van der Waals surface area contributed by atoms with E-state index >= 15 is 0 Å². The van der Waals surface area contributed by atoms with Crippen LogP contribution in [0.15, 0.2) is 0 Å². The molecule has 3 nitrogen and oxygen atoms in total. The van der Waals surface area contributed by atoms with Crippen molar-refractivity contribution in [3.05, 3.63) is 0 Å². The first-order valence-electron chi connectivity index (χ1n) is 12.8. The van der Waals surface area contributed by atoms with E-state index in [-0.39, 0.29) is 18.1 Å². The van der Waals surface area contributed by atoms with E-state index < -0.39 is 0 Å². The molecule has 0 bridgehead atoms. The summed E-state index contributed by atoms with van der Waals surface area (Å²) in [5.41, 5.74) is 0. The predicted octanol–water partition coefficient (Wildman–Crippen LogP) is 7.57. The molecule has 0 aromatic carbocycles. The van der Waals surface area contributed by atoms with Gasteiger partial charge in [-0.3, -0.25) is 9.59 Å². The standard InChI is InChI=1S/C26H51NO2/c1-6-11-14-15-16-19-25(28)20-26(29)27(21-23(9-4)17-12-7-2)22-24(10-5)18-13-8-3/h23-24H,6-22H2,1-5H3. The summed E-state index contributed by atoms with van der Waals surface area (Å²) < 4.78 is 0. The van der Waals surface area contributed by atoms with Gasteiger partial charge in [-0.15, -0.1) is 0 Å². The van der Waals surface area contributed by atoms with E-state index in [1.54, 1.807) is 0 Å². The number of carbonyl (C=O) groups excluding carboxylic acids is 2. The molecular formula is C26H51NO2. The Bertz CT molecular complexity index is 390. The van der Waals surface area contributed by atoms with Gasteiger partial charge in [0.05, 0.1) is 6.42 Å². The van der Waals surface area contributed by atoms with E-state index in [1.165, 1.54) is 57.8 Å². The summed E-state index contributed by atoms with van der Waals surface area (Å²) in [6.07, 6.45) is 15.9. The lowest BCUT2D eigenvalue weighted by Gasteiger charge is -2.30. The summed E-state index contributed by atoms with van der Waals surface area (Å²) in [6.45, 7) is 12.8. The number of carbonyl (C=O) groups is 2. The van der Waals surface area contributed by atoms with Gasteiger partial charge in [0.25, 0.3) is 0 Å². The van der Waals surface area contributed by atoms with Crippen molar-refractivity contribution in [1.82, 2.24) is 4.90 Å². The van der Waals surface area contributed by atoms with Gasteiger partial charge in [-0.1, -0.05) is 98.8 Å². The number of unbranched alkanes of at least 4 members (excludes halogenated alkanes) is 6. The van der Waals surface area contributed by atoms with Crippen molar-refractivity contribution in [2.24, 2.45) is 11.8 Å². The molecule has 0 aliphatic rings. The van der Waals surface area contributed by atoms with E-state index in [1.807, 2.05) is 0 Å². The minimum atomic E-state index is 0.0773. The van der Waals surface area contributed by atoms with Crippen molar-refractivity contribution in [2.45, 2.75) is 131 Å². The number of amides is 1. The Labute approximate surface area is 182 Å². The smallest absolute Gasteiger partial charge is 0.230 e. The topological polar surface area (TPSA) is 37.4 Å². The SMILES string of the molecule is CCCCCCCC(=O)CC(=O)N(CC(CC)CCCC)CC(CC)CCCC. The van der Waals surface area contributed by atoms with Crippen molar-refractivity contribution < 1.29 is 9.59 Å². The maximum Gasteiger partial charge on any atom is 0.230 e. The molecule has 0 saturated heterocycles. The molecule has 0 aliphatic carbocycles. The van der Waals surface area contributed by atoms with Crippen LogP contribution in [0.3, 0.4) is 0 Å². The van der Waals surface area contributed by atoms with Gasteiger partial charge < -0.3 is 4.90 Å². The van der Waals surface area contributed by atoms with Gasteiger partial charge in [0.15, 0.2) is 0 Å². The first kappa shape index (κ1) is 28.1. The third kappa shape index (κ3) is 14.7. The Morgan fingerprint density at radius 2 is 1.14 bits per heavy atom. The van der Waals surface area contributed by atoms with Crippen LogP contribution in [0, 0.1) is 11.8 Å². The van der Waals surface area contributed by atoms with E-state index in [0.717, 1.165) is 38.8 Å². The zero-order valence-electron chi connectivity index (χ0n) is 20.4. The fraction of sp³-hybridized carbons (Fsp3) is 0.923. The first-order chi connectivity index (χ1) is 14.0. The molecule has 0 radical (unpaired) electrons. The molecule has 3 heteroatoms. The van der Waals surface area contributed by atoms with Gasteiger partial charge in [0.2, 0.25) is 5.91 Å². The Morgan fingerprint density at radius 3 is 1.59 bits per heavy atom. The highest BCUT2D eigenvalue weighted by molar-refractivity contribution is 5.98. The predicted molar refractivity (Wildman–Crippen MR) is 126 cm³/mol. The summed E-state index contributed by atoms with van der Waals surface area (Å²) in [5, 5.41) is 0. The molecule has 1 amide bonds. The average molecular weight is 410 g/mol. The van der Waals surface area contributed by atoms with Crippen molar-refractivity contribution in [2.75, 3.05) is 13.1 Å². The molecule has 2 atom stereocenters. The molecule has 0 rings (SSSR count). The molecule has 0 aromatic rings. The lowest BCUT2D eigenvalue weighted by atomic mass is 9.95. The number of Topliss-reactive ketones (excluding diaryl/α,β-unsaturated/α-hetero) is 1. The molecule has 0 fully saturated rings. The number of ketones is 1. The van der Waals surface area contributed by atoms with Crippen molar-refractivity contribution in [3.63, 3.8) is 0 Å². The number of hydrogen-bond donors (Lipinski definition) is 0. The molecular weight excluding hydrogens is 358 g/mol. The average Bonchev–Trinajstić information content (AvgIpc) is 2.72. The fourth-order valence-corrected chi connectivity index (χ4v) is 4.03. The number of rotatable bonds is 20.